The van der Waals surface area contributed by atoms with Gasteiger partial charge in [-0.2, -0.15) is 0 Å². The third-order valence-electron chi connectivity index (χ3n) is 3.08. The number of hydrogen-bond donors (Lipinski definition) is 0. The zero-order valence-corrected chi connectivity index (χ0v) is 15.2. The first-order valence-corrected chi connectivity index (χ1v) is 7.84. The van der Waals surface area contributed by atoms with Crippen LogP contribution in [0.15, 0.2) is 36.4 Å². The van der Waals surface area contributed by atoms with E-state index in [4.69, 9.17) is 25.8 Å². The molecule has 0 aliphatic rings. The third-order valence-corrected chi connectivity index (χ3v) is 4.55. The number of benzene rings is 2. The van der Waals surface area contributed by atoms with Crippen molar-refractivity contribution in [3.63, 3.8) is 0 Å². The Morgan fingerprint density at radius 2 is 1.70 bits per heavy atom. The predicted octanol–water partition coefficient (Wildman–Crippen LogP) is 0.514. The van der Waals surface area contributed by atoms with Gasteiger partial charge >= 0.3 is 18.9 Å². The largest absolute Gasteiger partial charge is 1.00 e. The summed E-state index contributed by atoms with van der Waals surface area (Å²) in [7, 11) is 4.52. The zero-order valence-electron chi connectivity index (χ0n) is 13.5. The van der Waals surface area contributed by atoms with Crippen molar-refractivity contribution in [2.45, 2.75) is 0 Å². The summed E-state index contributed by atoms with van der Waals surface area (Å²) >= 11 is 6.14. The fourth-order valence-electron chi connectivity index (χ4n) is 1.98. The molecule has 0 amide bonds. The van der Waals surface area contributed by atoms with Gasteiger partial charge in [-0.1, -0.05) is 17.7 Å². The van der Waals surface area contributed by atoms with Crippen molar-refractivity contribution in [1.82, 2.24) is 0 Å². The van der Waals surface area contributed by atoms with Gasteiger partial charge in [0.15, 0.2) is 5.52 Å². The van der Waals surface area contributed by atoms with E-state index in [2.05, 4.69) is 0 Å². The SMILES string of the molecule is COc1ccc(PC(=O)c2c(Cl)cccc2OC)c(OC)c1.[Li+]. The van der Waals surface area contributed by atoms with Crippen molar-refractivity contribution in [3.05, 3.63) is 47.0 Å². The van der Waals surface area contributed by atoms with E-state index < -0.39 is 0 Å². The minimum Gasteiger partial charge on any atom is -0.497 e. The van der Waals surface area contributed by atoms with Gasteiger partial charge in [0.25, 0.3) is 0 Å². The van der Waals surface area contributed by atoms with E-state index >= 15 is 0 Å². The number of rotatable bonds is 6. The number of ether oxygens (including phenoxy) is 3. The Morgan fingerprint density at radius 3 is 2.30 bits per heavy atom. The maximum absolute atomic E-state index is 12.6. The first kappa shape index (κ1) is 19.9. The van der Waals surface area contributed by atoms with E-state index in [1.807, 2.05) is 6.07 Å². The monoisotopic (exact) mass is 345 g/mol. The van der Waals surface area contributed by atoms with Crippen LogP contribution in [0, 0.1) is 0 Å². The molecule has 116 valence electrons. The van der Waals surface area contributed by atoms with E-state index in [9.17, 15) is 4.79 Å². The van der Waals surface area contributed by atoms with Crippen LogP contribution in [-0.4, -0.2) is 26.9 Å². The molecule has 2 aromatic rings. The Hall–Kier alpha value is -1.17. The van der Waals surface area contributed by atoms with E-state index in [0.717, 1.165) is 5.30 Å². The van der Waals surface area contributed by atoms with E-state index in [1.165, 1.54) is 7.11 Å². The molecule has 1 atom stereocenters. The molecule has 1 unspecified atom stereocenters. The average Bonchev–Trinajstić information content (AvgIpc) is 2.54. The normalized spacial score (nSPS) is 10.3. The average molecular weight is 346 g/mol. The van der Waals surface area contributed by atoms with Gasteiger partial charge in [0.2, 0.25) is 0 Å². The Morgan fingerprint density at radius 1 is 1.00 bits per heavy atom. The van der Waals surface area contributed by atoms with Gasteiger partial charge in [-0.3, -0.25) is 4.79 Å². The Bertz CT molecular complexity index is 694. The molecule has 0 bridgehead atoms. The van der Waals surface area contributed by atoms with Crippen molar-refractivity contribution in [1.29, 1.82) is 0 Å². The standard InChI is InChI=1S/C16H16ClO4P.Li/c1-19-10-7-8-14(13(9-10)21-3)22-16(18)15-11(17)5-4-6-12(15)20-2;/h4-9,22H,1-3H3;/q;+1. The van der Waals surface area contributed by atoms with Crippen LogP contribution in [-0.2, 0) is 0 Å². The van der Waals surface area contributed by atoms with Gasteiger partial charge in [0, 0.05) is 11.4 Å². The minimum atomic E-state index is -0.129. The molecule has 4 nitrogen and oxygen atoms in total. The molecule has 0 saturated heterocycles. The summed E-state index contributed by atoms with van der Waals surface area (Å²) in [6.45, 7) is 0. The molecule has 23 heavy (non-hydrogen) atoms. The van der Waals surface area contributed by atoms with Crippen LogP contribution in [0.5, 0.6) is 17.2 Å². The molecule has 0 spiro atoms. The van der Waals surface area contributed by atoms with E-state index in [-0.39, 0.29) is 33.0 Å². The first-order chi connectivity index (χ1) is 10.6. The van der Waals surface area contributed by atoms with Crippen LogP contribution in [0.3, 0.4) is 0 Å². The number of hydrogen-bond acceptors (Lipinski definition) is 4. The van der Waals surface area contributed by atoms with Crippen molar-refractivity contribution >= 4 is 31.0 Å². The molecule has 7 heteroatoms. The molecule has 0 heterocycles. The number of carbonyl (C=O) groups excluding carboxylic acids is 1. The fraction of sp³-hybridized carbons (Fsp3) is 0.188. The van der Waals surface area contributed by atoms with Crippen LogP contribution in [0.4, 0.5) is 0 Å². The second-order valence-corrected chi connectivity index (χ2v) is 5.99. The Kier molecular flexibility index (Phi) is 7.95. The Labute approximate surface area is 154 Å². The van der Waals surface area contributed by atoms with Gasteiger partial charge < -0.3 is 14.2 Å². The molecule has 0 N–H and O–H groups in total. The molecule has 2 rings (SSSR count). The van der Waals surface area contributed by atoms with Gasteiger partial charge in [0.1, 0.15) is 17.2 Å². The van der Waals surface area contributed by atoms with Crippen molar-refractivity contribution < 1.29 is 37.9 Å². The maximum Gasteiger partial charge on any atom is 1.00 e. The summed E-state index contributed by atoms with van der Waals surface area (Å²) in [4.78, 5) is 12.6. The second-order valence-electron chi connectivity index (χ2n) is 4.34. The van der Waals surface area contributed by atoms with Gasteiger partial charge in [0.05, 0.1) is 31.9 Å². The molecule has 0 aromatic heterocycles. The van der Waals surface area contributed by atoms with E-state index in [1.54, 1.807) is 44.6 Å². The molecular weight excluding hydrogens is 330 g/mol. The molecule has 2 aromatic carbocycles. The quantitative estimate of drug-likeness (QED) is 0.565. The smallest absolute Gasteiger partial charge is 0.497 e. The summed E-state index contributed by atoms with van der Waals surface area (Å²) in [5.41, 5.74) is 0.286. The summed E-state index contributed by atoms with van der Waals surface area (Å²) in [6.07, 6.45) is 0. The summed E-state index contributed by atoms with van der Waals surface area (Å²) in [5.74, 6) is 1.75. The van der Waals surface area contributed by atoms with Gasteiger partial charge in [-0.15, -0.1) is 0 Å². The maximum atomic E-state index is 12.6. The van der Waals surface area contributed by atoms with Crippen LogP contribution in [0.25, 0.3) is 0 Å². The molecular formula is C16H16ClLiO4P+. The van der Waals surface area contributed by atoms with Crippen LogP contribution >= 0.6 is 20.2 Å². The zero-order chi connectivity index (χ0) is 16.1. The van der Waals surface area contributed by atoms with Crippen molar-refractivity contribution in [2.24, 2.45) is 0 Å². The Balaban J connectivity index is 0.00000264. The van der Waals surface area contributed by atoms with Crippen molar-refractivity contribution in [3.8, 4) is 17.2 Å². The topological polar surface area (TPSA) is 44.8 Å². The first-order valence-electron chi connectivity index (χ1n) is 6.46. The number of carbonyl (C=O) groups is 1. The fourth-order valence-corrected chi connectivity index (χ4v) is 3.40. The van der Waals surface area contributed by atoms with Gasteiger partial charge in [-0.25, -0.2) is 0 Å². The molecule has 0 aliphatic heterocycles. The molecule has 0 aliphatic carbocycles. The van der Waals surface area contributed by atoms with E-state index in [0.29, 0.717) is 27.8 Å². The van der Waals surface area contributed by atoms with Crippen LogP contribution in [0.2, 0.25) is 5.02 Å². The third kappa shape index (κ3) is 4.65. The van der Waals surface area contributed by atoms with Crippen molar-refractivity contribution in [2.75, 3.05) is 21.3 Å². The summed E-state index contributed by atoms with van der Waals surface area (Å²) in [5, 5.41) is 1.17. The minimum absolute atomic E-state index is 0. The molecule has 0 fully saturated rings. The van der Waals surface area contributed by atoms with Crippen LogP contribution < -0.4 is 38.4 Å². The molecule has 0 saturated carbocycles. The summed E-state index contributed by atoms with van der Waals surface area (Å²) in [6, 6.07) is 10.5. The molecule has 0 radical (unpaired) electrons. The second kappa shape index (κ2) is 9.20. The number of methoxy groups -OCH3 is 3. The summed E-state index contributed by atoms with van der Waals surface area (Å²) < 4.78 is 15.7. The number of halogens is 1. The van der Waals surface area contributed by atoms with Crippen LogP contribution in [0.1, 0.15) is 10.4 Å². The van der Waals surface area contributed by atoms with Gasteiger partial charge in [-0.05, 0) is 32.8 Å². The predicted molar refractivity (Wildman–Crippen MR) is 89.8 cm³/mol.